The zero-order valence-corrected chi connectivity index (χ0v) is 19.2. The molecule has 2 aliphatic carbocycles. The molecule has 0 radical (unpaired) electrons. The molecule has 2 aromatic heterocycles. The molecular formula is C34H21N. The lowest BCUT2D eigenvalue weighted by atomic mass is 9.92. The highest BCUT2D eigenvalue weighted by molar-refractivity contribution is 6.24. The second-order valence-corrected chi connectivity index (χ2v) is 10.1. The van der Waals surface area contributed by atoms with Gasteiger partial charge in [-0.25, -0.2) is 0 Å². The maximum atomic E-state index is 2.54. The normalized spacial score (nSPS) is 13.5. The van der Waals surface area contributed by atoms with Crippen LogP contribution in [0.3, 0.4) is 0 Å². The first-order valence-corrected chi connectivity index (χ1v) is 12.5. The molecule has 1 nitrogen and oxygen atoms in total. The van der Waals surface area contributed by atoms with Crippen molar-refractivity contribution in [2.75, 3.05) is 0 Å². The van der Waals surface area contributed by atoms with E-state index in [0.29, 0.717) is 0 Å². The average Bonchev–Trinajstić information content (AvgIpc) is 3.59. The molecule has 0 atom stereocenters. The van der Waals surface area contributed by atoms with Gasteiger partial charge in [0.1, 0.15) is 0 Å². The summed E-state index contributed by atoms with van der Waals surface area (Å²) < 4.78 is 2.54. The zero-order chi connectivity index (χ0) is 22.7. The van der Waals surface area contributed by atoms with Gasteiger partial charge in [-0.1, -0.05) is 91.0 Å². The van der Waals surface area contributed by atoms with Gasteiger partial charge in [0.2, 0.25) is 0 Å². The van der Waals surface area contributed by atoms with Crippen LogP contribution in [0.5, 0.6) is 0 Å². The van der Waals surface area contributed by atoms with Crippen LogP contribution in [-0.4, -0.2) is 4.40 Å². The molecule has 5 aromatic carbocycles. The minimum atomic E-state index is 1.01. The molecule has 0 spiro atoms. The van der Waals surface area contributed by atoms with E-state index in [1.165, 1.54) is 82.6 Å². The van der Waals surface area contributed by atoms with E-state index in [4.69, 9.17) is 0 Å². The predicted octanol–water partition coefficient (Wildman–Crippen LogP) is 8.54. The van der Waals surface area contributed by atoms with Gasteiger partial charge in [0.05, 0.1) is 16.6 Å². The van der Waals surface area contributed by atoms with Crippen molar-refractivity contribution in [2.24, 2.45) is 0 Å². The van der Waals surface area contributed by atoms with Gasteiger partial charge in [0.25, 0.3) is 0 Å². The minimum Gasteiger partial charge on any atom is -0.308 e. The first kappa shape index (κ1) is 18.0. The molecule has 0 fully saturated rings. The monoisotopic (exact) mass is 443 g/mol. The Morgan fingerprint density at radius 2 is 1.11 bits per heavy atom. The average molecular weight is 444 g/mol. The summed E-state index contributed by atoms with van der Waals surface area (Å²) in [4.78, 5) is 0. The molecule has 35 heavy (non-hydrogen) atoms. The lowest BCUT2D eigenvalue weighted by Crippen LogP contribution is -1.96. The van der Waals surface area contributed by atoms with Crippen molar-refractivity contribution < 1.29 is 0 Å². The van der Waals surface area contributed by atoms with E-state index >= 15 is 0 Å². The molecule has 0 amide bonds. The maximum Gasteiger partial charge on any atom is 0.0622 e. The van der Waals surface area contributed by atoms with Crippen LogP contribution in [0.25, 0.3) is 60.3 Å². The Kier molecular flexibility index (Phi) is 3.19. The van der Waals surface area contributed by atoms with Crippen LogP contribution in [0.1, 0.15) is 22.3 Å². The van der Waals surface area contributed by atoms with Gasteiger partial charge in [-0.05, 0) is 63.9 Å². The van der Waals surface area contributed by atoms with Crippen LogP contribution < -0.4 is 0 Å². The summed E-state index contributed by atoms with van der Waals surface area (Å²) in [6.45, 7) is 0. The Hall–Kier alpha value is -4.36. The highest BCUT2D eigenvalue weighted by atomic mass is 14.9. The number of aromatic nitrogens is 1. The van der Waals surface area contributed by atoms with Crippen molar-refractivity contribution in [2.45, 2.75) is 12.8 Å². The molecule has 9 rings (SSSR count). The van der Waals surface area contributed by atoms with Crippen molar-refractivity contribution in [3.63, 3.8) is 0 Å². The van der Waals surface area contributed by atoms with Gasteiger partial charge >= 0.3 is 0 Å². The van der Waals surface area contributed by atoms with Crippen LogP contribution in [0.4, 0.5) is 0 Å². The molecule has 7 aromatic rings. The molecule has 0 saturated carbocycles. The van der Waals surface area contributed by atoms with E-state index in [0.717, 1.165) is 12.8 Å². The van der Waals surface area contributed by atoms with Crippen molar-refractivity contribution in [3.8, 4) is 22.3 Å². The number of para-hydroxylation sites is 1. The third-order valence-electron chi connectivity index (χ3n) is 8.37. The van der Waals surface area contributed by atoms with E-state index in [1.54, 1.807) is 0 Å². The van der Waals surface area contributed by atoms with Gasteiger partial charge in [0.15, 0.2) is 0 Å². The highest BCUT2D eigenvalue weighted by Crippen LogP contribution is 2.49. The quantitative estimate of drug-likeness (QED) is 0.207. The van der Waals surface area contributed by atoms with Crippen molar-refractivity contribution >= 4 is 38.1 Å². The topological polar surface area (TPSA) is 4.41 Å². The third kappa shape index (κ3) is 2.15. The smallest absolute Gasteiger partial charge is 0.0622 e. The Labute approximate surface area is 202 Å². The standard InChI is InChI=1S/C34H21N/c1-4-10-25-20(7-1)17-23-13-15-27-30-19-22-9-3-6-12-29(22)35(30)34-28(33(27)31(23)25)16-14-24-18-21-8-2-5-11-26(21)32(24)34/h1-16,19H,17-18H2. The first-order valence-electron chi connectivity index (χ1n) is 12.5. The molecule has 0 bridgehead atoms. The first-order chi connectivity index (χ1) is 17.4. The molecule has 0 aliphatic heterocycles. The fraction of sp³-hybridized carbons (Fsp3) is 0.0588. The van der Waals surface area contributed by atoms with Crippen LogP contribution in [-0.2, 0) is 12.8 Å². The molecule has 0 N–H and O–H groups in total. The van der Waals surface area contributed by atoms with Crippen molar-refractivity contribution in [1.82, 2.24) is 4.40 Å². The summed E-state index contributed by atoms with van der Waals surface area (Å²) >= 11 is 0. The van der Waals surface area contributed by atoms with Crippen LogP contribution in [0.2, 0.25) is 0 Å². The summed E-state index contributed by atoms with van der Waals surface area (Å²) in [5, 5.41) is 5.41. The number of hydrogen-bond acceptors (Lipinski definition) is 0. The number of rotatable bonds is 0. The molecule has 162 valence electrons. The van der Waals surface area contributed by atoms with E-state index < -0.39 is 0 Å². The third-order valence-corrected chi connectivity index (χ3v) is 8.37. The summed E-state index contributed by atoms with van der Waals surface area (Å²) in [6, 6.07) is 38.7. The fourth-order valence-corrected chi connectivity index (χ4v) is 6.95. The Balaban J connectivity index is 1.61. The molecule has 1 heteroatoms. The largest absolute Gasteiger partial charge is 0.308 e. The van der Waals surface area contributed by atoms with Gasteiger partial charge in [-0.2, -0.15) is 0 Å². The molecule has 2 aliphatic rings. The zero-order valence-electron chi connectivity index (χ0n) is 19.2. The summed E-state index contributed by atoms with van der Waals surface area (Å²) in [5.74, 6) is 0. The minimum absolute atomic E-state index is 1.01. The van der Waals surface area contributed by atoms with Gasteiger partial charge in [-0.15, -0.1) is 0 Å². The lowest BCUT2D eigenvalue weighted by Gasteiger charge is -2.17. The number of pyridine rings is 1. The molecule has 0 saturated heterocycles. The van der Waals surface area contributed by atoms with Crippen LogP contribution >= 0.6 is 0 Å². The number of benzene rings is 5. The Bertz CT molecular complexity index is 2050. The van der Waals surface area contributed by atoms with Crippen LogP contribution in [0, 0.1) is 0 Å². The lowest BCUT2D eigenvalue weighted by molar-refractivity contribution is 1.26. The highest BCUT2D eigenvalue weighted by Gasteiger charge is 2.27. The maximum absolute atomic E-state index is 2.54. The Morgan fingerprint density at radius 3 is 1.91 bits per heavy atom. The van der Waals surface area contributed by atoms with E-state index in [2.05, 4.69) is 108 Å². The summed E-state index contributed by atoms with van der Waals surface area (Å²) in [7, 11) is 0. The summed E-state index contributed by atoms with van der Waals surface area (Å²) in [6.07, 6.45) is 2.03. The number of fused-ring (bicyclic) bond motifs is 16. The van der Waals surface area contributed by atoms with Crippen LogP contribution in [0.15, 0.2) is 103 Å². The van der Waals surface area contributed by atoms with Gasteiger partial charge in [-0.3, -0.25) is 0 Å². The molecule has 0 unspecified atom stereocenters. The van der Waals surface area contributed by atoms with E-state index in [1.807, 2.05) is 0 Å². The number of nitrogens with zero attached hydrogens (tertiary/aromatic N) is 1. The van der Waals surface area contributed by atoms with Gasteiger partial charge in [0, 0.05) is 27.1 Å². The SMILES string of the molecule is c1ccc2c(c1)Cc1ccc3c(c1-2)c1ccc2c(c1n1c4ccccc4cc31)-c1ccccc1C2. The van der Waals surface area contributed by atoms with Crippen molar-refractivity contribution in [3.05, 3.63) is 125 Å². The van der Waals surface area contributed by atoms with E-state index in [9.17, 15) is 0 Å². The fourth-order valence-electron chi connectivity index (χ4n) is 6.95. The predicted molar refractivity (Wildman–Crippen MR) is 146 cm³/mol. The van der Waals surface area contributed by atoms with Gasteiger partial charge < -0.3 is 4.40 Å². The molecule has 2 heterocycles. The summed E-state index contributed by atoms with van der Waals surface area (Å²) in [5.41, 5.74) is 15.3. The second kappa shape index (κ2) is 6.20. The number of hydrogen-bond donors (Lipinski definition) is 0. The van der Waals surface area contributed by atoms with Crippen molar-refractivity contribution in [1.29, 1.82) is 0 Å². The second-order valence-electron chi connectivity index (χ2n) is 10.1. The Morgan fingerprint density at radius 1 is 0.486 bits per heavy atom. The van der Waals surface area contributed by atoms with E-state index in [-0.39, 0.29) is 0 Å². The molecular weight excluding hydrogens is 422 g/mol.